The Balaban J connectivity index is 0.00000312. The van der Waals surface area contributed by atoms with Crippen molar-refractivity contribution >= 4 is 29.9 Å². The topological polar surface area (TPSA) is 45.5 Å². The zero-order chi connectivity index (χ0) is 17.2. The molecule has 5 nitrogen and oxygen atoms in total. The number of rotatable bonds is 8. The normalized spacial score (nSPS) is 11.1. The molecule has 1 heterocycles. The van der Waals surface area contributed by atoms with Crippen LogP contribution in [0.25, 0.3) is 0 Å². The maximum absolute atomic E-state index is 4.74. The van der Waals surface area contributed by atoms with Crippen molar-refractivity contribution in [3.8, 4) is 0 Å². The van der Waals surface area contributed by atoms with Gasteiger partial charge in [-0.15, -0.1) is 24.0 Å². The van der Waals surface area contributed by atoms with E-state index in [4.69, 9.17) is 4.99 Å². The molecule has 0 atom stereocenters. The van der Waals surface area contributed by atoms with Crippen molar-refractivity contribution in [1.29, 1.82) is 0 Å². The molecule has 0 aliphatic carbocycles. The number of aliphatic imine (C=N–C) groups is 1. The van der Waals surface area contributed by atoms with Gasteiger partial charge < -0.3 is 10.2 Å². The van der Waals surface area contributed by atoms with E-state index in [2.05, 4.69) is 66.7 Å². The highest BCUT2D eigenvalue weighted by Gasteiger charge is 2.05. The van der Waals surface area contributed by atoms with Crippen molar-refractivity contribution < 1.29 is 0 Å². The summed E-state index contributed by atoms with van der Waals surface area (Å²) in [5.41, 5.74) is 2.38. The Morgan fingerprint density at radius 3 is 2.64 bits per heavy atom. The molecule has 0 saturated carbocycles. The molecule has 138 valence electrons. The maximum atomic E-state index is 4.74. The minimum absolute atomic E-state index is 0. The summed E-state index contributed by atoms with van der Waals surface area (Å²) in [5, 5.41) is 7.80. The standard InChI is InChI=1S/C19H29N5.HI/c1-4-6-12-23(3)19(20-5-2)21-13-18-14-22-24(16-18)15-17-10-8-7-9-11-17;/h7-11,14,16H,4-6,12-13,15H2,1-3H3,(H,20,21);1H. The average Bonchev–Trinajstić information content (AvgIpc) is 3.04. The molecule has 0 aliphatic rings. The summed E-state index contributed by atoms with van der Waals surface area (Å²) in [5.74, 6) is 0.960. The number of hydrogen-bond donors (Lipinski definition) is 1. The van der Waals surface area contributed by atoms with E-state index in [9.17, 15) is 0 Å². The van der Waals surface area contributed by atoms with Crippen LogP contribution in [0.5, 0.6) is 0 Å². The first-order valence-corrected chi connectivity index (χ1v) is 8.77. The van der Waals surface area contributed by atoms with E-state index in [0.717, 1.165) is 31.2 Å². The number of benzene rings is 1. The first-order chi connectivity index (χ1) is 11.7. The van der Waals surface area contributed by atoms with E-state index in [0.29, 0.717) is 6.54 Å². The Morgan fingerprint density at radius 1 is 1.20 bits per heavy atom. The Labute approximate surface area is 168 Å². The molecule has 25 heavy (non-hydrogen) atoms. The van der Waals surface area contributed by atoms with Gasteiger partial charge in [0.05, 0.1) is 19.3 Å². The monoisotopic (exact) mass is 455 g/mol. The Morgan fingerprint density at radius 2 is 1.96 bits per heavy atom. The Hall–Kier alpha value is -1.57. The van der Waals surface area contributed by atoms with E-state index in [1.54, 1.807) is 0 Å². The second-order valence-electron chi connectivity index (χ2n) is 5.98. The van der Waals surface area contributed by atoms with Crippen LogP contribution in [0.3, 0.4) is 0 Å². The number of nitrogens with one attached hydrogen (secondary N) is 1. The van der Waals surface area contributed by atoms with Gasteiger partial charge in [0.15, 0.2) is 5.96 Å². The Bertz CT molecular complexity index is 624. The van der Waals surface area contributed by atoms with E-state index >= 15 is 0 Å². The highest BCUT2D eigenvalue weighted by molar-refractivity contribution is 14.0. The molecule has 6 heteroatoms. The summed E-state index contributed by atoms with van der Waals surface area (Å²) in [6.07, 6.45) is 6.35. The van der Waals surface area contributed by atoms with Crippen molar-refractivity contribution in [2.24, 2.45) is 4.99 Å². The molecule has 0 saturated heterocycles. The quantitative estimate of drug-likeness (QED) is 0.375. The number of halogens is 1. The van der Waals surface area contributed by atoms with Crippen LogP contribution >= 0.6 is 24.0 Å². The lowest BCUT2D eigenvalue weighted by atomic mass is 10.2. The van der Waals surface area contributed by atoms with Crippen LogP contribution in [-0.2, 0) is 13.1 Å². The molecule has 0 fully saturated rings. The molecule has 2 rings (SSSR count). The van der Waals surface area contributed by atoms with Crippen LogP contribution < -0.4 is 5.32 Å². The van der Waals surface area contributed by atoms with Gasteiger partial charge in [0.2, 0.25) is 0 Å². The second kappa shape index (κ2) is 11.9. The predicted molar refractivity (Wildman–Crippen MR) is 116 cm³/mol. The molecule has 1 aromatic heterocycles. The van der Waals surface area contributed by atoms with Gasteiger partial charge in [-0.2, -0.15) is 5.10 Å². The smallest absolute Gasteiger partial charge is 0.193 e. The van der Waals surface area contributed by atoms with Crippen molar-refractivity contribution in [1.82, 2.24) is 20.0 Å². The van der Waals surface area contributed by atoms with E-state index in [1.807, 2.05) is 16.9 Å². The number of guanidine groups is 1. The van der Waals surface area contributed by atoms with Gasteiger partial charge in [0, 0.05) is 31.9 Å². The lowest BCUT2D eigenvalue weighted by Crippen LogP contribution is -2.39. The van der Waals surface area contributed by atoms with Crippen LogP contribution in [0.4, 0.5) is 0 Å². The fourth-order valence-electron chi connectivity index (χ4n) is 2.48. The summed E-state index contributed by atoms with van der Waals surface area (Å²) < 4.78 is 1.97. The van der Waals surface area contributed by atoms with Gasteiger partial charge in [0.25, 0.3) is 0 Å². The maximum Gasteiger partial charge on any atom is 0.193 e. The molecule has 2 aromatic rings. The number of aromatic nitrogens is 2. The first-order valence-electron chi connectivity index (χ1n) is 8.77. The first kappa shape index (κ1) is 21.5. The van der Waals surface area contributed by atoms with Crippen LogP contribution in [0.1, 0.15) is 37.8 Å². The minimum Gasteiger partial charge on any atom is -0.357 e. The summed E-state index contributed by atoms with van der Waals surface area (Å²) >= 11 is 0. The number of unbranched alkanes of at least 4 members (excludes halogenated alkanes) is 1. The lowest BCUT2D eigenvalue weighted by molar-refractivity contribution is 0.465. The van der Waals surface area contributed by atoms with E-state index in [1.165, 1.54) is 18.4 Å². The minimum atomic E-state index is 0. The van der Waals surface area contributed by atoms with Gasteiger partial charge in [-0.1, -0.05) is 43.7 Å². The van der Waals surface area contributed by atoms with Gasteiger partial charge >= 0.3 is 0 Å². The Kier molecular flexibility index (Phi) is 10.2. The van der Waals surface area contributed by atoms with Gasteiger partial charge in [-0.25, -0.2) is 4.99 Å². The third-order valence-corrected chi connectivity index (χ3v) is 3.83. The third kappa shape index (κ3) is 7.46. The molecule has 0 radical (unpaired) electrons. The average molecular weight is 455 g/mol. The van der Waals surface area contributed by atoms with E-state index < -0.39 is 0 Å². The molecule has 0 unspecified atom stereocenters. The molecule has 1 N–H and O–H groups in total. The van der Waals surface area contributed by atoms with Crippen molar-refractivity contribution in [3.63, 3.8) is 0 Å². The predicted octanol–water partition coefficient (Wildman–Crippen LogP) is 3.75. The van der Waals surface area contributed by atoms with Crippen LogP contribution in [0.2, 0.25) is 0 Å². The largest absolute Gasteiger partial charge is 0.357 e. The van der Waals surface area contributed by atoms with Crippen molar-refractivity contribution in [3.05, 3.63) is 53.9 Å². The highest BCUT2D eigenvalue weighted by atomic mass is 127. The highest BCUT2D eigenvalue weighted by Crippen LogP contribution is 2.05. The molecule has 0 spiro atoms. The molecular weight excluding hydrogens is 425 g/mol. The number of hydrogen-bond acceptors (Lipinski definition) is 2. The van der Waals surface area contributed by atoms with Gasteiger partial charge in [-0.05, 0) is 18.9 Å². The summed E-state index contributed by atoms with van der Waals surface area (Å²) in [6, 6.07) is 10.4. The van der Waals surface area contributed by atoms with Crippen LogP contribution in [0, 0.1) is 0 Å². The van der Waals surface area contributed by atoms with Gasteiger partial charge in [-0.3, -0.25) is 4.68 Å². The molecule has 0 amide bonds. The summed E-state index contributed by atoms with van der Waals surface area (Å²) in [4.78, 5) is 6.93. The molecule has 0 aliphatic heterocycles. The molecular formula is C19H30IN5. The third-order valence-electron chi connectivity index (χ3n) is 3.83. The zero-order valence-corrected chi connectivity index (χ0v) is 17.8. The van der Waals surface area contributed by atoms with Gasteiger partial charge in [0.1, 0.15) is 0 Å². The van der Waals surface area contributed by atoms with E-state index in [-0.39, 0.29) is 24.0 Å². The summed E-state index contributed by atoms with van der Waals surface area (Å²) in [6.45, 7) is 7.65. The molecule has 0 bridgehead atoms. The van der Waals surface area contributed by atoms with Crippen molar-refractivity contribution in [2.45, 2.75) is 39.8 Å². The fraction of sp³-hybridized carbons (Fsp3) is 0.474. The zero-order valence-electron chi connectivity index (χ0n) is 15.5. The fourth-order valence-corrected chi connectivity index (χ4v) is 2.48. The lowest BCUT2D eigenvalue weighted by Gasteiger charge is -2.21. The summed E-state index contributed by atoms with van der Waals surface area (Å²) in [7, 11) is 2.09. The molecule has 1 aromatic carbocycles. The number of nitrogens with zero attached hydrogens (tertiary/aromatic N) is 4. The van der Waals surface area contributed by atoms with Crippen LogP contribution in [0.15, 0.2) is 47.7 Å². The SMILES string of the molecule is CCCCN(C)C(=NCc1cnn(Cc2ccccc2)c1)NCC.I. The van der Waals surface area contributed by atoms with Crippen LogP contribution in [-0.4, -0.2) is 40.8 Å². The van der Waals surface area contributed by atoms with Crippen molar-refractivity contribution in [2.75, 3.05) is 20.1 Å². The second-order valence-corrected chi connectivity index (χ2v) is 5.98.